The standard InChI is InChI=1S/C14H18N2O2/c1-2-6-13(15)14(18)16-12(10-17)9-11-7-4-3-5-8-11/h1,3-5,7-8,12-13,17H,6,9-10,15H2,(H,16,18)/t12-,13?/m1/s1. The van der Waals surface area contributed by atoms with E-state index in [2.05, 4.69) is 11.2 Å². The van der Waals surface area contributed by atoms with Gasteiger partial charge in [0.1, 0.15) is 0 Å². The number of nitrogens with two attached hydrogens (primary N) is 1. The molecular formula is C14H18N2O2. The zero-order valence-corrected chi connectivity index (χ0v) is 10.2. The highest BCUT2D eigenvalue weighted by molar-refractivity contribution is 5.82. The minimum Gasteiger partial charge on any atom is -0.394 e. The Morgan fingerprint density at radius 3 is 2.67 bits per heavy atom. The molecule has 0 bridgehead atoms. The maximum atomic E-state index is 11.6. The number of aliphatic hydroxyl groups is 1. The second-order valence-electron chi connectivity index (χ2n) is 4.09. The van der Waals surface area contributed by atoms with Crippen LogP contribution in [0.2, 0.25) is 0 Å². The van der Waals surface area contributed by atoms with Crippen LogP contribution < -0.4 is 11.1 Å². The summed E-state index contributed by atoms with van der Waals surface area (Å²) in [6.45, 7) is -0.136. The summed E-state index contributed by atoms with van der Waals surface area (Å²) in [5.41, 5.74) is 6.63. The number of nitrogens with one attached hydrogen (secondary N) is 1. The van der Waals surface area contributed by atoms with Gasteiger partial charge in [0, 0.05) is 6.42 Å². The monoisotopic (exact) mass is 246 g/mol. The van der Waals surface area contributed by atoms with E-state index in [0.717, 1.165) is 5.56 Å². The number of terminal acetylenes is 1. The number of carbonyl (C=O) groups excluding carboxylic acids is 1. The molecule has 0 fully saturated rings. The van der Waals surface area contributed by atoms with Crippen LogP contribution in [0.1, 0.15) is 12.0 Å². The lowest BCUT2D eigenvalue weighted by atomic mass is 10.1. The number of hydrogen-bond donors (Lipinski definition) is 3. The van der Waals surface area contributed by atoms with Gasteiger partial charge in [-0.1, -0.05) is 30.3 Å². The summed E-state index contributed by atoms with van der Waals surface area (Å²) in [6.07, 6.45) is 5.85. The third kappa shape index (κ3) is 4.58. The molecule has 1 aromatic rings. The van der Waals surface area contributed by atoms with Crippen molar-refractivity contribution >= 4 is 5.91 Å². The fourth-order valence-electron chi connectivity index (χ4n) is 1.59. The molecule has 0 saturated carbocycles. The fraction of sp³-hybridized carbons (Fsp3) is 0.357. The molecule has 0 aromatic heterocycles. The maximum absolute atomic E-state index is 11.6. The predicted molar refractivity (Wildman–Crippen MR) is 70.6 cm³/mol. The van der Waals surface area contributed by atoms with E-state index in [0.29, 0.717) is 6.42 Å². The van der Waals surface area contributed by atoms with Gasteiger partial charge in [0.25, 0.3) is 0 Å². The Morgan fingerprint density at radius 1 is 1.44 bits per heavy atom. The summed E-state index contributed by atoms with van der Waals surface area (Å²) in [4.78, 5) is 11.6. The van der Waals surface area contributed by atoms with E-state index in [1.165, 1.54) is 0 Å². The molecule has 4 nitrogen and oxygen atoms in total. The van der Waals surface area contributed by atoms with Crippen molar-refractivity contribution in [3.63, 3.8) is 0 Å². The van der Waals surface area contributed by atoms with E-state index in [1.54, 1.807) is 0 Å². The SMILES string of the molecule is C#CCC(N)C(=O)N[C@@H](CO)Cc1ccccc1. The first-order chi connectivity index (χ1) is 8.67. The maximum Gasteiger partial charge on any atom is 0.238 e. The quantitative estimate of drug-likeness (QED) is 0.621. The molecule has 0 aliphatic rings. The van der Waals surface area contributed by atoms with Gasteiger partial charge < -0.3 is 16.2 Å². The zero-order chi connectivity index (χ0) is 13.4. The van der Waals surface area contributed by atoms with E-state index in [9.17, 15) is 9.90 Å². The summed E-state index contributed by atoms with van der Waals surface area (Å²) in [6, 6.07) is 8.56. The molecular weight excluding hydrogens is 228 g/mol. The second kappa shape index (κ2) is 7.49. The summed E-state index contributed by atoms with van der Waals surface area (Å²) < 4.78 is 0. The van der Waals surface area contributed by atoms with Gasteiger partial charge in [-0.2, -0.15) is 0 Å². The van der Waals surface area contributed by atoms with Crippen LogP contribution in [0.5, 0.6) is 0 Å². The molecule has 4 heteroatoms. The molecule has 1 amide bonds. The predicted octanol–water partition coefficient (Wildman–Crippen LogP) is 0.0568. The average Bonchev–Trinajstić information content (AvgIpc) is 2.39. The van der Waals surface area contributed by atoms with E-state index in [-0.39, 0.29) is 25.0 Å². The highest BCUT2D eigenvalue weighted by Gasteiger charge is 2.17. The van der Waals surface area contributed by atoms with Gasteiger partial charge >= 0.3 is 0 Å². The highest BCUT2D eigenvalue weighted by atomic mass is 16.3. The third-order valence-electron chi connectivity index (χ3n) is 2.57. The average molecular weight is 246 g/mol. The molecule has 96 valence electrons. The summed E-state index contributed by atoms with van der Waals surface area (Å²) in [5, 5.41) is 11.9. The van der Waals surface area contributed by atoms with Gasteiger partial charge in [-0.3, -0.25) is 4.79 Å². The van der Waals surface area contributed by atoms with Crippen LogP contribution in [0, 0.1) is 12.3 Å². The number of carbonyl (C=O) groups is 1. The topological polar surface area (TPSA) is 75.4 Å². The van der Waals surface area contributed by atoms with Crippen molar-refractivity contribution in [1.82, 2.24) is 5.32 Å². The first-order valence-corrected chi connectivity index (χ1v) is 5.81. The molecule has 0 aliphatic heterocycles. The van der Waals surface area contributed by atoms with Crippen molar-refractivity contribution in [1.29, 1.82) is 0 Å². The van der Waals surface area contributed by atoms with Gasteiger partial charge in [0.2, 0.25) is 5.91 Å². The molecule has 4 N–H and O–H groups in total. The molecule has 0 saturated heterocycles. The Labute approximate surface area is 107 Å². The molecule has 0 radical (unpaired) electrons. The van der Waals surface area contributed by atoms with Crippen LogP contribution in [0.15, 0.2) is 30.3 Å². The van der Waals surface area contributed by atoms with Crippen molar-refractivity contribution < 1.29 is 9.90 Å². The number of aliphatic hydroxyl groups excluding tert-OH is 1. The number of hydrogen-bond acceptors (Lipinski definition) is 3. The normalized spacial score (nSPS) is 13.4. The van der Waals surface area contributed by atoms with Crippen molar-refractivity contribution in [2.75, 3.05) is 6.61 Å². The molecule has 0 heterocycles. The molecule has 0 aliphatic carbocycles. The van der Waals surface area contributed by atoms with E-state index in [4.69, 9.17) is 12.2 Å². The molecule has 1 aromatic carbocycles. The lowest BCUT2D eigenvalue weighted by molar-refractivity contribution is -0.123. The van der Waals surface area contributed by atoms with Crippen molar-refractivity contribution in [3.05, 3.63) is 35.9 Å². The van der Waals surface area contributed by atoms with Crippen molar-refractivity contribution in [2.24, 2.45) is 5.73 Å². The molecule has 1 unspecified atom stereocenters. The van der Waals surface area contributed by atoms with Crippen LogP contribution in [-0.2, 0) is 11.2 Å². The smallest absolute Gasteiger partial charge is 0.238 e. The summed E-state index contributed by atoms with van der Waals surface area (Å²) in [5.74, 6) is 2.01. The van der Waals surface area contributed by atoms with Crippen LogP contribution in [-0.4, -0.2) is 29.7 Å². The van der Waals surface area contributed by atoms with Crippen molar-refractivity contribution in [3.8, 4) is 12.3 Å². The van der Waals surface area contributed by atoms with Crippen LogP contribution in [0.3, 0.4) is 0 Å². The Balaban J connectivity index is 2.52. The fourth-order valence-corrected chi connectivity index (χ4v) is 1.59. The lowest BCUT2D eigenvalue weighted by Gasteiger charge is -2.18. The minimum atomic E-state index is -0.722. The van der Waals surface area contributed by atoms with Crippen molar-refractivity contribution in [2.45, 2.75) is 24.9 Å². The lowest BCUT2D eigenvalue weighted by Crippen LogP contribution is -2.47. The van der Waals surface area contributed by atoms with Crippen LogP contribution >= 0.6 is 0 Å². The van der Waals surface area contributed by atoms with Crippen LogP contribution in [0.25, 0.3) is 0 Å². The Kier molecular flexibility index (Phi) is 5.92. The van der Waals surface area contributed by atoms with Gasteiger partial charge in [0.15, 0.2) is 0 Å². The molecule has 18 heavy (non-hydrogen) atoms. The van der Waals surface area contributed by atoms with E-state index in [1.807, 2.05) is 30.3 Å². The third-order valence-corrected chi connectivity index (χ3v) is 2.57. The van der Waals surface area contributed by atoms with Gasteiger partial charge in [-0.05, 0) is 12.0 Å². The molecule has 0 spiro atoms. The molecule has 2 atom stereocenters. The van der Waals surface area contributed by atoms with E-state index >= 15 is 0 Å². The number of amides is 1. The summed E-state index contributed by atoms with van der Waals surface area (Å²) in [7, 11) is 0. The minimum absolute atomic E-state index is 0.136. The Morgan fingerprint density at radius 2 is 2.11 bits per heavy atom. The number of rotatable bonds is 6. The second-order valence-corrected chi connectivity index (χ2v) is 4.09. The van der Waals surface area contributed by atoms with Gasteiger partial charge in [0.05, 0.1) is 18.7 Å². The summed E-state index contributed by atoms with van der Waals surface area (Å²) >= 11 is 0. The van der Waals surface area contributed by atoms with Gasteiger partial charge in [-0.15, -0.1) is 12.3 Å². The van der Waals surface area contributed by atoms with Crippen LogP contribution in [0.4, 0.5) is 0 Å². The van der Waals surface area contributed by atoms with E-state index < -0.39 is 6.04 Å². The first-order valence-electron chi connectivity index (χ1n) is 5.81. The molecule has 1 rings (SSSR count). The Hall–Kier alpha value is -1.83. The highest BCUT2D eigenvalue weighted by Crippen LogP contribution is 2.03. The first kappa shape index (κ1) is 14.2. The largest absolute Gasteiger partial charge is 0.394 e. The Bertz CT molecular complexity index is 412. The number of benzene rings is 1. The van der Waals surface area contributed by atoms with Gasteiger partial charge in [-0.25, -0.2) is 0 Å². The zero-order valence-electron chi connectivity index (χ0n) is 10.2.